The smallest absolute Gasteiger partial charge is 0.191 e. The lowest BCUT2D eigenvalue weighted by molar-refractivity contribution is 0.330. The molecular weight excluding hydrogens is 326 g/mol. The highest BCUT2D eigenvalue weighted by atomic mass is 16.5. The van der Waals surface area contributed by atoms with Gasteiger partial charge in [-0.1, -0.05) is 23.6 Å². The summed E-state index contributed by atoms with van der Waals surface area (Å²) < 4.78 is 10.8. The van der Waals surface area contributed by atoms with Crippen LogP contribution in [0.1, 0.15) is 37.7 Å². The van der Waals surface area contributed by atoms with Crippen LogP contribution in [-0.2, 0) is 6.54 Å². The molecule has 0 aliphatic heterocycles. The Morgan fingerprint density at radius 3 is 2.85 bits per heavy atom. The van der Waals surface area contributed by atoms with Crippen LogP contribution in [0.15, 0.2) is 34.8 Å². The van der Waals surface area contributed by atoms with E-state index in [1.165, 1.54) is 25.7 Å². The predicted molar refractivity (Wildman–Crippen MR) is 107 cm³/mol. The Balaban J connectivity index is 1.83. The zero-order valence-electron chi connectivity index (χ0n) is 15.8. The zero-order chi connectivity index (χ0) is 18.6. The summed E-state index contributed by atoms with van der Waals surface area (Å²) in [6.45, 7) is 1.75. The molecule has 1 aliphatic rings. The second-order valence-electron chi connectivity index (χ2n) is 6.19. The Hall–Kier alpha value is -2.61. The molecule has 0 aromatic heterocycles. The van der Waals surface area contributed by atoms with Crippen LogP contribution < -0.4 is 20.1 Å². The third-order valence-corrected chi connectivity index (χ3v) is 4.35. The molecule has 0 fully saturated rings. The van der Waals surface area contributed by atoms with E-state index in [9.17, 15) is 0 Å². The van der Waals surface area contributed by atoms with Crippen molar-refractivity contribution in [2.24, 2.45) is 4.99 Å². The van der Waals surface area contributed by atoms with Gasteiger partial charge in [-0.15, -0.1) is 6.42 Å². The molecule has 1 aromatic rings. The monoisotopic (exact) mass is 355 g/mol. The van der Waals surface area contributed by atoms with Gasteiger partial charge >= 0.3 is 0 Å². The molecule has 0 saturated carbocycles. The van der Waals surface area contributed by atoms with Crippen LogP contribution in [0.25, 0.3) is 0 Å². The Morgan fingerprint density at radius 2 is 2.15 bits per heavy atom. The first kappa shape index (κ1) is 19.7. The van der Waals surface area contributed by atoms with E-state index >= 15 is 0 Å². The summed E-state index contributed by atoms with van der Waals surface area (Å²) >= 11 is 0. The number of allylic oxidation sites excluding steroid dienone is 1. The molecule has 5 nitrogen and oxygen atoms in total. The van der Waals surface area contributed by atoms with E-state index in [0.717, 1.165) is 24.5 Å². The summed E-state index contributed by atoms with van der Waals surface area (Å²) in [6.07, 6.45) is 13.8. The van der Waals surface area contributed by atoms with E-state index < -0.39 is 0 Å². The number of hydrogen-bond acceptors (Lipinski definition) is 3. The van der Waals surface area contributed by atoms with E-state index in [0.29, 0.717) is 18.0 Å². The Morgan fingerprint density at radius 1 is 1.27 bits per heavy atom. The molecular formula is C21H29N3O2. The van der Waals surface area contributed by atoms with Crippen molar-refractivity contribution in [2.45, 2.75) is 38.6 Å². The summed E-state index contributed by atoms with van der Waals surface area (Å²) in [7, 11) is 3.40. The minimum Gasteiger partial charge on any atom is -0.493 e. The fourth-order valence-corrected chi connectivity index (χ4v) is 2.94. The van der Waals surface area contributed by atoms with Crippen molar-refractivity contribution in [1.82, 2.24) is 10.6 Å². The van der Waals surface area contributed by atoms with E-state index in [1.807, 2.05) is 18.2 Å². The van der Waals surface area contributed by atoms with E-state index in [-0.39, 0.29) is 6.61 Å². The van der Waals surface area contributed by atoms with Gasteiger partial charge in [0, 0.05) is 20.1 Å². The van der Waals surface area contributed by atoms with Gasteiger partial charge in [-0.05, 0) is 49.8 Å². The third kappa shape index (κ3) is 6.36. The highest BCUT2D eigenvalue weighted by Gasteiger charge is 2.07. The lowest BCUT2D eigenvalue weighted by atomic mass is 9.97. The lowest BCUT2D eigenvalue weighted by Gasteiger charge is -2.16. The molecule has 1 aromatic carbocycles. The molecule has 0 saturated heterocycles. The molecule has 0 bridgehead atoms. The molecule has 0 spiro atoms. The lowest BCUT2D eigenvalue weighted by Crippen LogP contribution is -2.37. The van der Waals surface area contributed by atoms with Gasteiger partial charge in [0.1, 0.15) is 6.61 Å². The summed E-state index contributed by atoms with van der Waals surface area (Å²) in [6, 6.07) is 5.81. The summed E-state index contributed by atoms with van der Waals surface area (Å²) in [5.74, 6) is 4.59. The van der Waals surface area contributed by atoms with Gasteiger partial charge < -0.3 is 20.1 Å². The van der Waals surface area contributed by atoms with Crippen molar-refractivity contribution in [3.8, 4) is 23.8 Å². The van der Waals surface area contributed by atoms with Crippen LogP contribution >= 0.6 is 0 Å². The number of rotatable bonds is 8. The first-order valence-corrected chi connectivity index (χ1v) is 9.12. The van der Waals surface area contributed by atoms with Crippen LogP contribution in [0.3, 0.4) is 0 Å². The summed E-state index contributed by atoms with van der Waals surface area (Å²) in [4.78, 5) is 4.28. The summed E-state index contributed by atoms with van der Waals surface area (Å²) in [5, 5.41) is 6.70. The number of nitrogens with one attached hydrogen (secondary N) is 2. The maximum absolute atomic E-state index is 5.54. The molecule has 0 atom stereocenters. The number of terminal acetylenes is 1. The molecule has 0 amide bonds. The number of aliphatic imine (C=N–C) groups is 1. The van der Waals surface area contributed by atoms with Gasteiger partial charge in [-0.2, -0.15) is 0 Å². The highest BCUT2D eigenvalue weighted by molar-refractivity contribution is 5.79. The predicted octanol–water partition coefficient (Wildman–Crippen LogP) is 3.26. The first-order chi connectivity index (χ1) is 12.8. The van der Waals surface area contributed by atoms with Crippen LogP contribution in [-0.4, -0.2) is 33.3 Å². The number of ether oxygens (including phenoxy) is 2. The SMILES string of the molecule is C#CCOc1cc(CNC(=NC)NCCC2=CCCCC2)ccc1OC. The van der Waals surface area contributed by atoms with Gasteiger partial charge in [0.2, 0.25) is 0 Å². The molecule has 5 heteroatoms. The number of methoxy groups -OCH3 is 1. The van der Waals surface area contributed by atoms with Gasteiger partial charge in [0.15, 0.2) is 17.5 Å². The van der Waals surface area contributed by atoms with E-state index in [1.54, 1.807) is 19.7 Å². The average Bonchev–Trinajstić information content (AvgIpc) is 2.69. The Labute approximate surface area is 156 Å². The molecule has 140 valence electrons. The zero-order valence-corrected chi connectivity index (χ0v) is 15.8. The van der Waals surface area contributed by atoms with E-state index in [4.69, 9.17) is 15.9 Å². The van der Waals surface area contributed by atoms with Gasteiger partial charge in [-0.3, -0.25) is 4.99 Å². The fraction of sp³-hybridized carbons (Fsp3) is 0.476. The quantitative estimate of drug-likeness (QED) is 0.325. The largest absolute Gasteiger partial charge is 0.493 e. The molecule has 2 rings (SSSR count). The Bertz CT molecular complexity index is 674. The molecule has 1 aliphatic carbocycles. The Kier molecular flexibility index (Phi) is 8.41. The average molecular weight is 355 g/mol. The normalized spacial score (nSPS) is 14.2. The van der Waals surface area contributed by atoms with Gasteiger partial charge in [0.25, 0.3) is 0 Å². The number of hydrogen-bond donors (Lipinski definition) is 2. The highest BCUT2D eigenvalue weighted by Crippen LogP contribution is 2.28. The van der Waals surface area contributed by atoms with Crippen molar-refractivity contribution >= 4 is 5.96 Å². The van der Waals surface area contributed by atoms with Crippen molar-refractivity contribution in [3.63, 3.8) is 0 Å². The molecule has 0 unspecified atom stereocenters. The first-order valence-electron chi connectivity index (χ1n) is 9.12. The van der Waals surface area contributed by atoms with Crippen LogP contribution in [0, 0.1) is 12.3 Å². The van der Waals surface area contributed by atoms with Gasteiger partial charge in [0.05, 0.1) is 7.11 Å². The van der Waals surface area contributed by atoms with Crippen LogP contribution in [0.4, 0.5) is 0 Å². The van der Waals surface area contributed by atoms with E-state index in [2.05, 4.69) is 27.6 Å². The topological polar surface area (TPSA) is 54.9 Å². The minimum absolute atomic E-state index is 0.215. The van der Waals surface area contributed by atoms with Crippen molar-refractivity contribution in [1.29, 1.82) is 0 Å². The van der Waals surface area contributed by atoms with Crippen molar-refractivity contribution in [3.05, 3.63) is 35.4 Å². The molecule has 2 N–H and O–H groups in total. The number of nitrogens with zero attached hydrogens (tertiary/aromatic N) is 1. The minimum atomic E-state index is 0.215. The molecule has 0 heterocycles. The van der Waals surface area contributed by atoms with Crippen LogP contribution in [0.5, 0.6) is 11.5 Å². The molecule has 26 heavy (non-hydrogen) atoms. The number of benzene rings is 1. The maximum atomic E-state index is 5.54. The second kappa shape index (κ2) is 11.1. The fourth-order valence-electron chi connectivity index (χ4n) is 2.94. The standard InChI is InChI=1S/C21H29N3O2/c1-4-14-26-20-15-18(10-11-19(20)25-3)16-24-21(22-2)23-13-12-17-8-6-5-7-9-17/h1,8,10-11,15H,5-7,9,12-14,16H2,2-3H3,(H2,22,23,24). The molecule has 0 radical (unpaired) electrons. The van der Waals surface area contributed by atoms with Crippen molar-refractivity contribution < 1.29 is 9.47 Å². The number of guanidine groups is 1. The maximum Gasteiger partial charge on any atom is 0.191 e. The van der Waals surface area contributed by atoms with Gasteiger partial charge in [-0.25, -0.2) is 0 Å². The van der Waals surface area contributed by atoms with Crippen molar-refractivity contribution in [2.75, 3.05) is 27.3 Å². The van der Waals surface area contributed by atoms with Crippen LogP contribution in [0.2, 0.25) is 0 Å². The summed E-state index contributed by atoms with van der Waals surface area (Å²) in [5.41, 5.74) is 2.63. The third-order valence-electron chi connectivity index (χ3n) is 4.35. The second-order valence-corrected chi connectivity index (χ2v) is 6.19.